The van der Waals surface area contributed by atoms with Gasteiger partial charge in [-0.1, -0.05) is 0 Å². The Morgan fingerprint density at radius 3 is 2.42 bits per heavy atom. The van der Waals surface area contributed by atoms with Crippen molar-refractivity contribution in [2.75, 3.05) is 12.3 Å². The van der Waals surface area contributed by atoms with Crippen LogP contribution in [0.25, 0.3) is 0 Å². The Bertz CT molecular complexity index is 270. The third-order valence-corrected chi connectivity index (χ3v) is 2.10. The molecule has 0 bridgehead atoms. The third kappa shape index (κ3) is 6.09. The van der Waals surface area contributed by atoms with E-state index in [9.17, 15) is 8.42 Å². The summed E-state index contributed by atoms with van der Waals surface area (Å²) < 4.78 is 24.0. The van der Waals surface area contributed by atoms with Crippen LogP contribution in [0.15, 0.2) is 0 Å². The molecule has 0 aromatic carbocycles. The van der Waals surface area contributed by atoms with Gasteiger partial charge in [0.05, 0.1) is 6.07 Å². The van der Waals surface area contributed by atoms with Crippen LogP contribution in [0.2, 0.25) is 0 Å². The second kappa shape index (κ2) is 3.85. The van der Waals surface area contributed by atoms with Crippen molar-refractivity contribution in [3.05, 3.63) is 0 Å². The van der Waals surface area contributed by atoms with Crippen molar-refractivity contribution in [2.24, 2.45) is 5.73 Å². The molecular formula is C6H13N3O2S. The Kier molecular flexibility index (Phi) is 3.64. The van der Waals surface area contributed by atoms with E-state index in [2.05, 4.69) is 4.72 Å². The molecule has 3 N–H and O–H groups in total. The average Bonchev–Trinajstić information content (AvgIpc) is 1.83. The van der Waals surface area contributed by atoms with Crippen LogP contribution in [-0.4, -0.2) is 26.3 Å². The standard InChI is InChI=1S/C6H13N3O2S/c1-6(2,8)5-9-12(10,11)4-3-7/h9H,4-5,8H2,1-2H3. The van der Waals surface area contributed by atoms with Gasteiger partial charge in [-0.15, -0.1) is 0 Å². The summed E-state index contributed by atoms with van der Waals surface area (Å²) in [6, 6.07) is 1.55. The molecule has 0 heterocycles. The molecule has 12 heavy (non-hydrogen) atoms. The molecule has 0 amide bonds. The van der Waals surface area contributed by atoms with Crippen molar-refractivity contribution in [2.45, 2.75) is 19.4 Å². The molecule has 5 nitrogen and oxygen atoms in total. The summed E-state index contributed by atoms with van der Waals surface area (Å²) in [5.41, 5.74) is 4.93. The van der Waals surface area contributed by atoms with Crippen LogP contribution in [0.1, 0.15) is 13.8 Å². The predicted octanol–water partition coefficient (Wildman–Crippen LogP) is -0.833. The molecule has 70 valence electrons. The van der Waals surface area contributed by atoms with E-state index in [1.165, 1.54) is 0 Å². The van der Waals surface area contributed by atoms with Crippen molar-refractivity contribution in [1.29, 1.82) is 5.26 Å². The van der Waals surface area contributed by atoms with Gasteiger partial charge < -0.3 is 5.73 Å². The molecule has 0 unspecified atom stereocenters. The number of hydrogen-bond acceptors (Lipinski definition) is 4. The quantitative estimate of drug-likeness (QED) is 0.606. The van der Waals surface area contributed by atoms with Gasteiger partial charge in [0, 0.05) is 12.1 Å². The summed E-state index contributed by atoms with van der Waals surface area (Å²) in [5.74, 6) is -0.525. The van der Waals surface area contributed by atoms with Gasteiger partial charge in [-0.2, -0.15) is 5.26 Å². The van der Waals surface area contributed by atoms with Gasteiger partial charge in [-0.3, -0.25) is 0 Å². The molecule has 0 rings (SSSR count). The van der Waals surface area contributed by atoms with Crippen molar-refractivity contribution in [3.8, 4) is 6.07 Å². The van der Waals surface area contributed by atoms with Gasteiger partial charge in [-0.25, -0.2) is 13.1 Å². The fourth-order valence-corrected chi connectivity index (χ4v) is 1.30. The van der Waals surface area contributed by atoms with Gasteiger partial charge in [0.1, 0.15) is 0 Å². The highest BCUT2D eigenvalue weighted by molar-refractivity contribution is 7.89. The Morgan fingerprint density at radius 2 is 2.08 bits per heavy atom. The fraction of sp³-hybridized carbons (Fsp3) is 0.833. The Labute approximate surface area is 72.6 Å². The molecule has 0 fully saturated rings. The maximum Gasteiger partial charge on any atom is 0.225 e. The lowest BCUT2D eigenvalue weighted by Gasteiger charge is -2.18. The minimum atomic E-state index is -3.46. The van der Waals surface area contributed by atoms with Gasteiger partial charge in [0.25, 0.3) is 0 Å². The molecule has 0 aromatic rings. The van der Waals surface area contributed by atoms with Crippen molar-refractivity contribution in [3.63, 3.8) is 0 Å². The second-order valence-corrected chi connectivity index (χ2v) is 5.03. The minimum absolute atomic E-state index is 0.136. The van der Waals surface area contributed by atoms with E-state index in [1.54, 1.807) is 19.9 Å². The zero-order chi connectivity index (χ0) is 9.83. The maximum atomic E-state index is 10.9. The smallest absolute Gasteiger partial charge is 0.225 e. The maximum absolute atomic E-state index is 10.9. The van der Waals surface area contributed by atoms with Gasteiger partial charge in [0.15, 0.2) is 5.75 Å². The van der Waals surface area contributed by atoms with Crippen LogP contribution >= 0.6 is 0 Å². The first-order valence-corrected chi connectivity index (χ1v) is 5.05. The first-order chi connectivity index (χ1) is 5.27. The molecule has 0 aromatic heterocycles. The summed E-state index contributed by atoms with van der Waals surface area (Å²) in [6.45, 7) is 3.53. The van der Waals surface area contributed by atoms with Crippen LogP contribution in [0.3, 0.4) is 0 Å². The number of nitrogens with zero attached hydrogens (tertiary/aromatic N) is 1. The topological polar surface area (TPSA) is 96.0 Å². The van der Waals surface area contributed by atoms with E-state index in [-0.39, 0.29) is 6.54 Å². The molecule has 0 radical (unpaired) electrons. The highest BCUT2D eigenvalue weighted by Crippen LogP contribution is 1.94. The van der Waals surface area contributed by atoms with E-state index in [4.69, 9.17) is 11.0 Å². The lowest BCUT2D eigenvalue weighted by Crippen LogP contribution is -2.45. The molecule has 0 atom stereocenters. The molecule has 0 aliphatic carbocycles. The number of sulfonamides is 1. The monoisotopic (exact) mass is 191 g/mol. The number of hydrogen-bond donors (Lipinski definition) is 2. The lowest BCUT2D eigenvalue weighted by atomic mass is 10.1. The van der Waals surface area contributed by atoms with Crippen LogP contribution in [0.4, 0.5) is 0 Å². The van der Waals surface area contributed by atoms with E-state index < -0.39 is 21.3 Å². The number of nitrogens with one attached hydrogen (secondary N) is 1. The average molecular weight is 191 g/mol. The number of nitriles is 1. The molecule has 0 spiro atoms. The molecule has 0 aliphatic heterocycles. The molecule has 0 aliphatic rings. The summed E-state index contributed by atoms with van der Waals surface area (Å²) >= 11 is 0. The van der Waals surface area contributed by atoms with Gasteiger partial charge in [-0.05, 0) is 13.8 Å². The van der Waals surface area contributed by atoms with E-state index in [0.29, 0.717) is 0 Å². The number of nitrogens with two attached hydrogens (primary N) is 1. The predicted molar refractivity (Wildman–Crippen MR) is 45.7 cm³/mol. The normalized spacial score (nSPS) is 12.5. The van der Waals surface area contributed by atoms with Crippen molar-refractivity contribution < 1.29 is 8.42 Å². The lowest BCUT2D eigenvalue weighted by molar-refractivity contribution is 0.499. The van der Waals surface area contributed by atoms with Gasteiger partial charge >= 0.3 is 0 Å². The van der Waals surface area contributed by atoms with Gasteiger partial charge in [0.2, 0.25) is 10.0 Å². The van der Waals surface area contributed by atoms with Crippen molar-refractivity contribution >= 4 is 10.0 Å². The summed E-state index contributed by atoms with van der Waals surface area (Å²) in [7, 11) is -3.46. The van der Waals surface area contributed by atoms with Crippen LogP contribution in [0.5, 0.6) is 0 Å². The Balaban J connectivity index is 4.05. The highest BCUT2D eigenvalue weighted by atomic mass is 32.2. The highest BCUT2D eigenvalue weighted by Gasteiger charge is 2.15. The zero-order valence-electron chi connectivity index (χ0n) is 7.16. The Hall–Kier alpha value is -0.640. The summed E-state index contributed by atoms with van der Waals surface area (Å²) in [6.07, 6.45) is 0. The molecule has 6 heteroatoms. The summed E-state index contributed by atoms with van der Waals surface area (Å²) in [4.78, 5) is 0. The minimum Gasteiger partial charge on any atom is -0.324 e. The molecule has 0 saturated carbocycles. The largest absolute Gasteiger partial charge is 0.324 e. The van der Waals surface area contributed by atoms with Crippen molar-refractivity contribution in [1.82, 2.24) is 4.72 Å². The second-order valence-electron chi connectivity index (χ2n) is 3.23. The molecular weight excluding hydrogens is 178 g/mol. The SMILES string of the molecule is CC(C)(N)CNS(=O)(=O)CC#N. The van der Waals surface area contributed by atoms with E-state index in [0.717, 1.165) is 0 Å². The first kappa shape index (κ1) is 11.4. The van der Waals surface area contributed by atoms with E-state index in [1.807, 2.05) is 0 Å². The fourth-order valence-electron chi connectivity index (χ4n) is 0.432. The number of rotatable bonds is 4. The van der Waals surface area contributed by atoms with Crippen LogP contribution < -0.4 is 10.5 Å². The summed E-state index contributed by atoms with van der Waals surface area (Å²) in [5, 5.41) is 8.13. The molecule has 0 saturated heterocycles. The zero-order valence-corrected chi connectivity index (χ0v) is 7.98. The Morgan fingerprint density at radius 1 is 1.58 bits per heavy atom. The third-order valence-electron chi connectivity index (χ3n) is 1.00. The van der Waals surface area contributed by atoms with Crippen LogP contribution in [0, 0.1) is 11.3 Å². The van der Waals surface area contributed by atoms with E-state index >= 15 is 0 Å². The van der Waals surface area contributed by atoms with Crippen LogP contribution in [-0.2, 0) is 10.0 Å². The first-order valence-electron chi connectivity index (χ1n) is 3.40.